The maximum Gasteiger partial charge on any atom is 0.230 e. The van der Waals surface area contributed by atoms with Crippen molar-refractivity contribution in [2.45, 2.75) is 50.8 Å². The minimum absolute atomic E-state index is 0. The molecule has 0 saturated heterocycles. The van der Waals surface area contributed by atoms with Crippen LogP contribution in [0.1, 0.15) is 50.8 Å². The van der Waals surface area contributed by atoms with Gasteiger partial charge in [-0.1, -0.05) is 26.8 Å². The number of anilines is 1. The monoisotopic (exact) mass is 328 g/mol. The highest BCUT2D eigenvalue weighted by Gasteiger charge is 2.22. The maximum absolute atomic E-state index is 12.1. The molecule has 1 aromatic rings. The lowest BCUT2D eigenvalue weighted by atomic mass is 9.87. The summed E-state index contributed by atoms with van der Waals surface area (Å²) in [4.78, 5) is 12.1. The number of carbonyl (C=O) groups excluding carboxylic acids is 1. The maximum atomic E-state index is 12.1. The number of halogens is 1. The topological polar surface area (TPSA) is 55.1 Å². The number of amides is 1. The number of aryl methyl sites for hydroxylation is 1. The van der Waals surface area contributed by atoms with Gasteiger partial charge in [0.1, 0.15) is 0 Å². The summed E-state index contributed by atoms with van der Waals surface area (Å²) in [6.07, 6.45) is 3.18. The Balaban J connectivity index is 0.00000220. The van der Waals surface area contributed by atoms with Gasteiger partial charge in [-0.3, -0.25) is 4.79 Å². The largest absolute Gasteiger partial charge is 0.399 e. The fourth-order valence-corrected chi connectivity index (χ4v) is 3.15. The Hall–Kier alpha value is -0.870. The number of thioether (sulfide) groups is 1. The standard InChI is InChI=1S/C16H24N2OS.ClH/c1-16(2,3)20-10-15(19)18-14-6-4-5-11-9-12(17)7-8-13(11)14;/h7-9,14H,4-6,10,17H2,1-3H3,(H,18,19);1H. The molecular weight excluding hydrogens is 304 g/mol. The first kappa shape index (κ1) is 18.2. The van der Waals surface area contributed by atoms with Gasteiger partial charge in [-0.05, 0) is 42.5 Å². The summed E-state index contributed by atoms with van der Waals surface area (Å²) in [5.41, 5.74) is 9.16. The third-order valence-electron chi connectivity index (χ3n) is 3.45. The second-order valence-corrected chi connectivity index (χ2v) is 8.17. The van der Waals surface area contributed by atoms with E-state index >= 15 is 0 Å². The van der Waals surface area contributed by atoms with Crippen LogP contribution in [0, 0.1) is 0 Å². The second kappa shape index (κ2) is 7.41. The van der Waals surface area contributed by atoms with Crippen LogP contribution < -0.4 is 11.1 Å². The Morgan fingerprint density at radius 3 is 2.81 bits per heavy atom. The second-order valence-electron chi connectivity index (χ2n) is 6.37. The number of hydrogen-bond acceptors (Lipinski definition) is 3. The summed E-state index contributed by atoms with van der Waals surface area (Å²) in [6.45, 7) is 6.39. The zero-order chi connectivity index (χ0) is 14.8. The Morgan fingerprint density at radius 2 is 2.14 bits per heavy atom. The van der Waals surface area contributed by atoms with E-state index in [2.05, 4.69) is 32.2 Å². The molecule has 1 aromatic carbocycles. The summed E-state index contributed by atoms with van der Waals surface area (Å²) >= 11 is 1.68. The van der Waals surface area contributed by atoms with Crippen molar-refractivity contribution in [2.75, 3.05) is 11.5 Å². The average Bonchev–Trinajstić information content (AvgIpc) is 2.35. The molecular formula is C16H25ClN2OS. The van der Waals surface area contributed by atoms with Gasteiger partial charge >= 0.3 is 0 Å². The zero-order valence-corrected chi connectivity index (χ0v) is 14.6. The van der Waals surface area contributed by atoms with E-state index in [1.54, 1.807) is 11.8 Å². The Kier molecular flexibility index (Phi) is 6.41. The molecule has 1 aliphatic rings. The van der Waals surface area contributed by atoms with E-state index < -0.39 is 0 Å². The molecule has 1 amide bonds. The van der Waals surface area contributed by atoms with Gasteiger partial charge in [0.05, 0.1) is 11.8 Å². The van der Waals surface area contributed by atoms with Crippen LogP contribution in [0.5, 0.6) is 0 Å². The normalized spacial score (nSPS) is 17.6. The van der Waals surface area contributed by atoms with Gasteiger partial charge in [-0.25, -0.2) is 0 Å². The number of nitrogen functional groups attached to an aromatic ring is 1. The summed E-state index contributed by atoms with van der Waals surface area (Å²) in [5.74, 6) is 0.643. The smallest absolute Gasteiger partial charge is 0.230 e. The van der Waals surface area contributed by atoms with Crippen molar-refractivity contribution >= 4 is 35.8 Å². The number of rotatable bonds is 3. The quantitative estimate of drug-likeness (QED) is 0.831. The first-order valence-electron chi connectivity index (χ1n) is 7.17. The SMILES string of the molecule is CC(C)(C)SCC(=O)NC1CCCc2cc(N)ccc21.Cl. The highest BCUT2D eigenvalue weighted by molar-refractivity contribution is 8.01. The Bertz CT molecular complexity index is 500. The third kappa shape index (κ3) is 5.44. The molecule has 3 N–H and O–H groups in total. The van der Waals surface area contributed by atoms with E-state index in [4.69, 9.17) is 5.73 Å². The molecule has 3 nitrogen and oxygen atoms in total. The number of benzene rings is 1. The number of nitrogens with one attached hydrogen (secondary N) is 1. The van der Waals surface area contributed by atoms with Gasteiger partial charge < -0.3 is 11.1 Å². The average molecular weight is 329 g/mol. The van der Waals surface area contributed by atoms with Gasteiger partial charge in [0.15, 0.2) is 0 Å². The lowest BCUT2D eigenvalue weighted by molar-refractivity contribution is -0.119. The number of carbonyl (C=O) groups is 1. The molecule has 0 bridgehead atoms. The minimum atomic E-state index is 0. The summed E-state index contributed by atoms with van der Waals surface area (Å²) < 4.78 is 0.121. The van der Waals surface area contributed by atoms with E-state index in [1.807, 2.05) is 12.1 Å². The molecule has 1 unspecified atom stereocenters. The van der Waals surface area contributed by atoms with Crippen LogP contribution in [0.25, 0.3) is 0 Å². The van der Waals surface area contributed by atoms with Crippen LogP contribution >= 0.6 is 24.2 Å². The number of nitrogens with two attached hydrogens (primary N) is 1. The molecule has 2 rings (SSSR count). The van der Waals surface area contributed by atoms with Crippen molar-refractivity contribution in [2.24, 2.45) is 0 Å². The van der Waals surface area contributed by atoms with Crippen LogP contribution in [-0.4, -0.2) is 16.4 Å². The molecule has 0 fully saturated rings. The Morgan fingerprint density at radius 1 is 1.43 bits per heavy atom. The minimum Gasteiger partial charge on any atom is -0.399 e. The van der Waals surface area contributed by atoms with E-state index in [9.17, 15) is 4.79 Å². The first-order valence-corrected chi connectivity index (χ1v) is 8.15. The van der Waals surface area contributed by atoms with Gasteiger partial charge in [-0.2, -0.15) is 0 Å². The van der Waals surface area contributed by atoms with Crippen LogP contribution in [0.4, 0.5) is 5.69 Å². The van der Waals surface area contributed by atoms with E-state index in [0.717, 1.165) is 24.9 Å². The van der Waals surface area contributed by atoms with Crippen molar-refractivity contribution in [1.29, 1.82) is 0 Å². The van der Waals surface area contributed by atoms with E-state index in [-0.39, 0.29) is 29.1 Å². The zero-order valence-electron chi connectivity index (χ0n) is 12.9. The fraction of sp³-hybridized carbons (Fsp3) is 0.562. The van der Waals surface area contributed by atoms with Gasteiger partial charge in [0.25, 0.3) is 0 Å². The fourth-order valence-electron chi connectivity index (χ4n) is 2.50. The van der Waals surface area contributed by atoms with Gasteiger partial charge in [-0.15, -0.1) is 24.2 Å². The summed E-state index contributed by atoms with van der Waals surface area (Å²) in [7, 11) is 0. The number of fused-ring (bicyclic) bond motifs is 1. The highest BCUT2D eigenvalue weighted by Crippen LogP contribution is 2.31. The van der Waals surface area contributed by atoms with Crippen molar-refractivity contribution in [3.63, 3.8) is 0 Å². The van der Waals surface area contributed by atoms with Crippen molar-refractivity contribution < 1.29 is 4.79 Å². The molecule has 0 saturated carbocycles. The summed E-state index contributed by atoms with van der Waals surface area (Å²) in [5, 5.41) is 3.17. The van der Waals surface area contributed by atoms with Crippen molar-refractivity contribution in [3.8, 4) is 0 Å². The first-order chi connectivity index (χ1) is 9.35. The molecule has 1 atom stereocenters. The van der Waals surface area contributed by atoms with Gasteiger partial charge in [0, 0.05) is 10.4 Å². The van der Waals surface area contributed by atoms with Crippen LogP contribution in [0.15, 0.2) is 18.2 Å². The Labute approximate surface area is 137 Å². The van der Waals surface area contributed by atoms with E-state index in [1.165, 1.54) is 11.1 Å². The predicted molar refractivity (Wildman–Crippen MR) is 94.1 cm³/mol. The molecule has 0 aromatic heterocycles. The summed E-state index contributed by atoms with van der Waals surface area (Å²) in [6, 6.07) is 6.17. The molecule has 118 valence electrons. The lowest BCUT2D eigenvalue weighted by Gasteiger charge is -2.27. The molecule has 21 heavy (non-hydrogen) atoms. The number of hydrogen-bond donors (Lipinski definition) is 2. The molecule has 0 radical (unpaired) electrons. The predicted octanol–water partition coefficient (Wildman–Crippen LogP) is 3.72. The van der Waals surface area contributed by atoms with E-state index in [0.29, 0.717) is 5.75 Å². The van der Waals surface area contributed by atoms with Crippen LogP contribution in [0.3, 0.4) is 0 Å². The van der Waals surface area contributed by atoms with Crippen LogP contribution in [-0.2, 0) is 11.2 Å². The third-order valence-corrected chi connectivity index (χ3v) is 4.73. The van der Waals surface area contributed by atoms with Crippen LogP contribution in [0.2, 0.25) is 0 Å². The molecule has 0 spiro atoms. The molecule has 0 heterocycles. The van der Waals surface area contributed by atoms with Gasteiger partial charge in [0.2, 0.25) is 5.91 Å². The van der Waals surface area contributed by atoms with Crippen molar-refractivity contribution in [3.05, 3.63) is 29.3 Å². The highest BCUT2D eigenvalue weighted by atomic mass is 35.5. The van der Waals surface area contributed by atoms with Crippen molar-refractivity contribution in [1.82, 2.24) is 5.32 Å². The lowest BCUT2D eigenvalue weighted by Crippen LogP contribution is -2.33. The molecule has 0 aliphatic heterocycles. The molecule has 5 heteroatoms. The molecule has 1 aliphatic carbocycles.